The fraction of sp³-hybridized carbons (Fsp3) is 0.714. The lowest BCUT2D eigenvalue weighted by Gasteiger charge is -2.38. The van der Waals surface area contributed by atoms with Gasteiger partial charge in [-0.2, -0.15) is 0 Å². The fourth-order valence-electron chi connectivity index (χ4n) is 3.00. The number of rotatable bonds is 4. The van der Waals surface area contributed by atoms with Gasteiger partial charge in [-0.1, -0.05) is 6.92 Å². The third-order valence-electron chi connectivity index (χ3n) is 4.08. The highest BCUT2D eigenvalue weighted by Crippen LogP contribution is 2.34. The van der Waals surface area contributed by atoms with E-state index in [1.165, 1.54) is 34.3 Å². The maximum atomic E-state index is 6.01. The van der Waals surface area contributed by atoms with Gasteiger partial charge in [0.1, 0.15) is 0 Å². The lowest BCUT2D eigenvalue weighted by atomic mass is 9.90. The van der Waals surface area contributed by atoms with Crippen LogP contribution >= 0.6 is 27.3 Å². The molecule has 2 rings (SSSR count). The van der Waals surface area contributed by atoms with Crippen LogP contribution in [0.3, 0.4) is 0 Å². The van der Waals surface area contributed by atoms with Crippen LogP contribution in [0.15, 0.2) is 15.9 Å². The minimum Gasteiger partial charge on any atom is -0.328 e. The van der Waals surface area contributed by atoms with E-state index in [9.17, 15) is 0 Å². The van der Waals surface area contributed by atoms with Gasteiger partial charge in [0, 0.05) is 23.0 Å². The van der Waals surface area contributed by atoms with Crippen molar-refractivity contribution in [2.75, 3.05) is 6.54 Å². The molecular formula is C14H23BrN2S. The average Bonchev–Trinajstić information content (AvgIpc) is 2.79. The molecule has 0 aromatic carbocycles. The number of hydrogen-bond acceptors (Lipinski definition) is 3. The molecule has 0 radical (unpaired) electrons. The largest absolute Gasteiger partial charge is 0.328 e. The van der Waals surface area contributed by atoms with Crippen LogP contribution in [-0.2, 0) is 0 Å². The minimum absolute atomic E-state index is 0.436. The molecule has 1 fully saturated rings. The summed E-state index contributed by atoms with van der Waals surface area (Å²) in [5.74, 6) is 0. The molecular weight excluding hydrogens is 308 g/mol. The van der Waals surface area contributed by atoms with Crippen LogP contribution in [0.5, 0.6) is 0 Å². The lowest BCUT2D eigenvalue weighted by Crippen LogP contribution is -2.41. The molecule has 1 atom stereocenters. The van der Waals surface area contributed by atoms with E-state index >= 15 is 0 Å². The molecule has 0 amide bonds. The van der Waals surface area contributed by atoms with Gasteiger partial charge >= 0.3 is 0 Å². The van der Waals surface area contributed by atoms with E-state index in [4.69, 9.17) is 5.73 Å². The van der Waals surface area contributed by atoms with Gasteiger partial charge in [-0.05, 0) is 67.2 Å². The SMILES string of the molecule is CCN(C1CCC(N)CC1)C(C)c1ccc(Br)s1. The lowest BCUT2D eigenvalue weighted by molar-refractivity contribution is 0.116. The first-order valence-electron chi connectivity index (χ1n) is 6.88. The Bertz CT molecular complexity index is 372. The van der Waals surface area contributed by atoms with Crippen LogP contribution < -0.4 is 5.73 Å². The van der Waals surface area contributed by atoms with Gasteiger partial charge in [-0.15, -0.1) is 11.3 Å². The summed E-state index contributed by atoms with van der Waals surface area (Å²) in [5.41, 5.74) is 6.01. The summed E-state index contributed by atoms with van der Waals surface area (Å²) in [4.78, 5) is 4.10. The van der Waals surface area contributed by atoms with Crippen molar-refractivity contribution in [2.24, 2.45) is 5.73 Å². The summed E-state index contributed by atoms with van der Waals surface area (Å²) in [6.45, 7) is 5.72. The van der Waals surface area contributed by atoms with Gasteiger partial charge in [0.05, 0.1) is 3.79 Å². The number of nitrogens with two attached hydrogens (primary N) is 1. The van der Waals surface area contributed by atoms with Crippen molar-refractivity contribution in [3.05, 3.63) is 20.8 Å². The van der Waals surface area contributed by atoms with Crippen LogP contribution in [0.2, 0.25) is 0 Å². The smallest absolute Gasteiger partial charge is 0.0701 e. The van der Waals surface area contributed by atoms with E-state index in [-0.39, 0.29) is 0 Å². The van der Waals surface area contributed by atoms with Crippen LogP contribution in [0.4, 0.5) is 0 Å². The van der Waals surface area contributed by atoms with Crippen LogP contribution in [0, 0.1) is 0 Å². The van der Waals surface area contributed by atoms with E-state index in [1.54, 1.807) is 0 Å². The maximum absolute atomic E-state index is 6.01. The minimum atomic E-state index is 0.436. The van der Waals surface area contributed by atoms with Gasteiger partial charge in [0.25, 0.3) is 0 Å². The summed E-state index contributed by atoms with van der Waals surface area (Å²) >= 11 is 5.41. The van der Waals surface area contributed by atoms with Gasteiger partial charge in [-0.25, -0.2) is 0 Å². The van der Waals surface area contributed by atoms with Crippen molar-refractivity contribution in [1.82, 2.24) is 4.90 Å². The fourth-order valence-corrected chi connectivity index (χ4v) is 4.49. The van der Waals surface area contributed by atoms with Crippen molar-refractivity contribution in [2.45, 2.75) is 57.7 Å². The summed E-state index contributed by atoms with van der Waals surface area (Å²) in [6.07, 6.45) is 4.88. The standard InChI is InChI=1S/C14H23BrN2S/c1-3-17(12-6-4-11(16)5-7-12)10(2)13-8-9-14(15)18-13/h8-12H,3-7,16H2,1-2H3. The molecule has 0 spiro atoms. The second-order valence-corrected chi connectivity index (χ2v) is 7.71. The van der Waals surface area contributed by atoms with E-state index in [0.29, 0.717) is 18.1 Å². The number of thiophene rings is 1. The van der Waals surface area contributed by atoms with E-state index in [0.717, 1.165) is 6.54 Å². The zero-order valence-corrected chi connectivity index (χ0v) is 13.6. The summed E-state index contributed by atoms with van der Waals surface area (Å²) in [7, 11) is 0. The normalized spacial score (nSPS) is 26.5. The Labute approximate surface area is 123 Å². The molecule has 0 aliphatic heterocycles. The molecule has 1 saturated carbocycles. The number of hydrogen-bond donors (Lipinski definition) is 1. The summed E-state index contributed by atoms with van der Waals surface area (Å²) < 4.78 is 1.23. The Morgan fingerprint density at radius 2 is 2.06 bits per heavy atom. The summed E-state index contributed by atoms with van der Waals surface area (Å²) in [6, 6.07) is 6.07. The first kappa shape index (κ1) is 14.5. The molecule has 2 N–H and O–H groups in total. The van der Waals surface area contributed by atoms with Crippen LogP contribution in [0.1, 0.15) is 50.4 Å². The second-order valence-electron chi connectivity index (χ2n) is 5.22. The molecule has 1 unspecified atom stereocenters. The van der Waals surface area contributed by atoms with Gasteiger partial charge in [0.15, 0.2) is 0 Å². The molecule has 2 nitrogen and oxygen atoms in total. The average molecular weight is 331 g/mol. The van der Waals surface area contributed by atoms with E-state index in [1.807, 2.05) is 11.3 Å². The first-order chi connectivity index (χ1) is 8.61. The van der Waals surface area contributed by atoms with Crippen molar-refractivity contribution in [1.29, 1.82) is 0 Å². The zero-order chi connectivity index (χ0) is 13.1. The van der Waals surface area contributed by atoms with Crippen molar-refractivity contribution in [3.8, 4) is 0 Å². The van der Waals surface area contributed by atoms with Crippen LogP contribution in [-0.4, -0.2) is 23.5 Å². The van der Waals surface area contributed by atoms with Gasteiger partial charge in [0.2, 0.25) is 0 Å². The number of nitrogens with zero attached hydrogens (tertiary/aromatic N) is 1. The Hall–Kier alpha value is 0.1000. The Balaban J connectivity index is 2.03. The summed E-state index contributed by atoms with van der Waals surface area (Å²) in [5, 5.41) is 0. The molecule has 0 bridgehead atoms. The predicted octanol–water partition coefficient (Wildman–Crippen LogP) is 4.16. The Kier molecular flexibility index (Phi) is 5.24. The predicted molar refractivity (Wildman–Crippen MR) is 83.0 cm³/mol. The van der Waals surface area contributed by atoms with Crippen molar-refractivity contribution < 1.29 is 0 Å². The molecule has 1 aliphatic rings. The zero-order valence-electron chi connectivity index (χ0n) is 11.2. The van der Waals surface area contributed by atoms with Crippen molar-refractivity contribution in [3.63, 3.8) is 0 Å². The topological polar surface area (TPSA) is 29.3 Å². The molecule has 102 valence electrons. The van der Waals surface area contributed by atoms with E-state index < -0.39 is 0 Å². The van der Waals surface area contributed by atoms with Gasteiger partial charge in [-0.3, -0.25) is 4.90 Å². The van der Waals surface area contributed by atoms with Crippen LogP contribution in [0.25, 0.3) is 0 Å². The Morgan fingerprint density at radius 1 is 1.39 bits per heavy atom. The molecule has 18 heavy (non-hydrogen) atoms. The second kappa shape index (κ2) is 6.51. The highest BCUT2D eigenvalue weighted by molar-refractivity contribution is 9.11. The highest BCUT2D eigenvalue weighted by Gasteiger charge is 2.27. The molecule has 0 saturated heterocycles. The van der Waals surface area contributed by atoms with Gasteiger partial charge < -0.3 is 5.73 Å². The third-order valence-corrected chi connectivity index (χ3v) is 5.87. The number of halogens is 1. The quantitative estimate of drug-likeness (QED) is 0.897. The molecule has 1 heterocycles. The molecule has 1 aromatic heterocycles. The van der Waals surface area contributed by atoms with Crippen molar-refractivity contribution >= 4 is 27.3 Å². The first-order valence-corrected chi connectivity index (χ1v) is 8.49. The third kappa shape index (κ3) is 3.35. The molecule has 4 heteroatoms. The monoisotopic (exact) mass is 330 g/mol. The van der Waals surface area contributed by atoms with E-state index in [2.05, 4.69) is 46.8 Å². The highest BCUT2D eigenvalue weighted by atomic mass is 79.9. The molecule has 1 aliphatic carbocycles. The molecule has 1 aromatic rings. The maximum Gasteiger partial charge on any atom is 0.0701 e. The Morgan fingerprint density at radius 3 is 2.56 bits per heavy atom.